The van der Waals surface area contributed by atoms with Gasteiger partial charge in [-0.15, -0.1) is 0 Å². The lowest BCUT2D eigenvalue weighted by molar-refractivity contribution is -0.122. The van der Waals surface area contributed by atoms with Crippen LogP contribution in [0.4, 0.5) is 11.4 Å². The highest BCUT2D eigenvalue weighted by Crippen LogP contribution is 2.38. The SMILES string of the molecule is CCc1ccc(NC(=O)C2CN(S(=O)(=O)c3ccc(C)cc3)c3cc(C)ccc3O2)cc1. The molecule has 1 atom stereocenters. The molecule has 7 heteroatoms. The predicted octanol–water partition coefficient (Wildman–Crippen LogP) is 4.46. The van der Waals surface area contributed by atoms with Gasteiger partial charge in [-0.1, -0.05) is 42.8 Å². The van der Waals surface area contributed by atoms with Crippen LogP contribution >= 0.6 is 0 Å². The number of anilines is 2. The van der Waals surface area contributed by atoms with Crippen LogP contribution in [0.15, 0.2) is 71.6 Å². The Bertz CT molecular complexity index is 1240. The third-order valence-corrected chi connectivity index (χ3v) is 7.31. The molecule has 166 valence electrons. The first-order chi connectivity index (χ1) is 15.3. The van der Waals surface area contributed by atoms with Crippen molar-refractivity contribution in [1.82, 2.24) is 0 Å². The van der Waals surface area contributed by atoms with Gasteiger partial charge < -0.3 is 10.1 Å². The summed E-state index contributed by atoms with van der Waals surface area (Å²) in [5, 5.41) is 2.84. The van der Waals surface area contributed by atoms with Crippen molar-refractivity contribution in [3.63, 3.8) is 0 Å². The highest BCUT2D eigenvalue weighted by Gasteiger charge is 2.37. The number of ether oxygens (including phenoxy) is 1. The average molecular weight is 451 g/mol. The van der Waals surface area contributed by atoms with Crippen molar-refractivity contribution in [3.8, 4) is 5.75 Å². The van der Waals surface area contributed by atoms with Crippen LogP contribution in [0, 0.1) is 13.8 Å². The number of rotatable bonds is 5. The van der Waals surface area contributed by atoms with E-state index in [9.17, 15) is 13.2 Å². The summed E-state index contributed by atoms with van der Waals surface area (Å²) in [5.41, 5.74) is 4.10. The third kappa shape index (κ3) is 4.34. The number of hydrogen-bond acceptors (Lipinski definition) is 4. The first kappa shape index (κ1) is 21.9. The molecule has 0 spiro atoms. The van der Waals surface area contributed by atoms with Gasteiger partial charge in [0.25, 0.3) is 15.9 Å². The number of carbonyl (C=O) groups excluding carboxylic acids is 1. The van der Waals surface area contributed by atoms with E-state index in [0.29, 0.717) is 17.1 Å². The van der Waals surface area contributed by atoms with Crippen LogP contribution in [0.1, 0.15) is 23.6 Å². The van der Waals surface area contributed by atoms with E-state index >= 15 is 0 Å². The molecule has 1 amide bonds. The lowest BCUT2D eigenvalue weighted by atomic mass is 10.1. The van der Waals surface area contributed by atoms with E-state index < -0.39 is 22.0 Å². The van der Waals surface area contributed by atoms with E-state index in [-0.39, 0.29) is 11.4 Å². The number of carbonyl (C=O) groups is 1. The van der Waals surface area contributed by atoms with Gasteiger partial charge in [0.15, 0.2) is 6.10 Å². The lowest BCUT2D eigenvalue weighted by Gasteiger charge is -2.35. The number of nitrogens with one attached hydrogen (secondary N) is 1. The minimum atomic E-state index is -3.88. The molecule has 0 saturated carbocycles. The quantitative estimate of drug-likeness (QED) is 0.623. The minimum absolute atomic E-state index is 0.120. The standard InChI is InChI=1S/C25H26N2O4S/c1-4-19-8-10-20(11-9-19)26-25(28)24-16-27(22-15-18(3)7-14-23(22)31-24)32(29,30)21-12-5-17(2)6-13-21/h5-15,24H,4,16H2,1-3H3,(H,26,28). The Labute approximate surface area is 188 Å². The van der Waals surface area contributed by atoms with Crippen molar-refractivity contribution < 1.29 is 17.9 Å². The van der Waals surface area contributed by atoms with Crippen LogP contribution < -0.4 is 14.4 Å². The number of benzene rings is 3. The van der Waals surface area contributed by atoms with E-state index in [1.165, 1.54) is 4.31 Å². The molecule has 1 aliphatic heterocycles. The van der Waals surface area contributed by atoms with Gasteiger partial charge in [0.2, 0.25) is 0 Å². The Hall–Kier alpha value is -3.32. The number of nitrogens with zero attached hydrogens (tertiary/aromatic N) is 1. The number of hydrogen-bond donors (Lipinski definition) is 1. The van der Waals surface area contributed by atoms with Gasteiger partial charge in [0.1, 0.15) is 5.75 Å². The van der Waals surface area contributed by atoms with Crippen LogP contribution in [0.5, 0.6) is 5.75 Å². The van der Waals surface area contributed by atoms with Gasteiger partial charge in [0.05, 0.1) is 17.1 Å². The van der Waals surface area contributed by atoms with Gasteiger partial charge >= 0.3 is 0 Å². The fraction of sp³-hybridized carbons (Fsp3) is 0.240. The van der Waals surface area contributed by atoms with Crippen LogP contribution in [0.3, 0.4) is 0 Å². The fourth-order valence-corrected chi connectivity index (χ4v) is 5.08. The molecule has 0 fully saturated rings. The fourth-order valence-electron chi connectivity index (χ4n) is 3.61. The second kappa shape index (κ2) is 8.67. The molecule has 4 rings (SSSR count). The topological polar surface area (TPSA) is 75.7 Å². The summed E-state index contributed by atoms with van der Waals surface area (Å²) in [6.07, 6.45) is -0.0848. The summed E-state index contributed by atoms with van der Waals surface area (Å²) in [6.45, 7) is 5.73. The monoisotopic (exact) mass is 450 g/mol. The Morgan fingerprint density at radius 3 is 2.31 bits per heavy atom. The predicted molar refractivity (Wildman–Crippen MR) is 126 cm³/mol. The third-order valence-electron chi connectivity index (χ3n) is 5.52. The Balaban J connectivity index is 1.66. The lowest BCUT2D eigenvalue weighted by Crippen LogP contribution is -2.48. The van der Waals surface area contributed by atoms with Crippen molar-refractivity contribution in [1.29, 1.82) is 0 Å². The summed E-state index contributed by atoms with van der Waals surface area (Å²) in [7, 11) is -3.88. The van der Waals surface area contributed by atoms with Crippen molar-refractivity contribution in [2.75, 3.05) is 16.2 Å². The van der Waals surface area contributed by atoms with E-state index in [1.54, 1.807) is 36.4 Å². The van der Waals surface area contributed by atoms with Gasteiger partial charge in [-0.25, -0.2) is 8.42 Å². The minimum Gasteiger partial charge on any atom is -0.476 e. The van der Waals surface area contributed by atoms with Gasteiger partial charge in [-0.05, 0) is 67.8 Å². The molecular weight excluding hydrogens is 424 g/mol. The normalized spacial score (nSPS) is 15.6. The van der Waals surface area contributed by atoms with E-state index in [0.717, 1.165) is 23.1 Å². The van der Waals surface area contributed by atoms with Crippen molar-refractivity contribution in [2.45, 2.75) is 38.2 Å². The zero-order chi connectivity index (χ0) is 22.9. The highest BCUT2D eigenvalue weighted by atomic mass is 32.2. The van der Waals surface area contributed by atoms with Gasteiger partial charge in [0, 0.05) is 5.69 Å². The van der Waals surface area contributed by atoms with Crippen LogP contribution in [0.2, 0.25) is 0 Å². The molecular formula is C25H26N2O4S. The first-order valence-corrected chi connectivity index (χ1v) is 12.0. The molecule has 1 aliphatic rings. The molecule has 0 bridgehead atoms. The molecule has 1 N–H and O–H groups in total. The molecule has 0 aliphatic carbocycles. The Morgan fingerprint density at radius 2 is 1.66 bits per heavy atom. The van der Waals surface area contributed by atoms with Crippen LogP contribution in [-0.4, -0.2) is 27.0 Å². The summed E-state index contributed by atoms with van der Waals surface area (Å²) in [5.74, 6) is -0.0383. The smallest absolute Gasteiger partial charge is 0.267 e. The van der Waals surface area contributed by atoms with Gasteiger partial charge in [-0.2, -0.15) is 0 Å². The molecule has 0 saturated heterocycles. The van der Waals surface area contributed by atoms with Gasteiger partial charge in [-0.3, -0.25) is 9.10 Å². The average Bonchev–Trinajstić information content (AvgIpc) is 2.79. The largest absolute Gasteiger partial charge is 0.476 e. The second-order valence-electron chi connectivity index (χ2n) is 7.97. The molecule has 6 nitrogen and oxygen atoms in total. The molecule has 3 aromatic carbocycles. The second-order valence-corrected chi connectivity index (χ2v) is 9.83. The van der Waals surface area contributed by atoms with Crippen molar-refractivity contribution in [3.05, 3.63) is 83.4 Å². The Morgan fingerprint density at radius 1 is 1.00 bits per heavy atom. The van der Waals surface area contributed by atoms with Crippen molar-refractivity contribution in [2.24, 2.45) is 0 Å². The number of amides is 1. The summed E-state index contributed by atoms with van der Waals surface area (Å²) < 4.78 is 34.2. The first-order valence-electron chi connectivity index (χ1n) is 10.5. The maximum absolute atomic E-state index is 13.5. The highest BCUT2D eigenvalue weighted by molar-refractivity contribution is 7.92. The molecule has 1 unspecified atom stereocenters. The van der Waals surface area contributed by atoms with E-state index in [2.05, 4.69) is 12.2 Å². The van der Waals surface area contributed by atoms with E-state index in [4.69, 9.17) is 4.74 Å². The van der Waals surface area contributed by atoms with E-state index in [1.807, 2.05) is 44.2 Å². The molecule has 1 heterocycles. The summed E-state index contributed by atoms with van der Waals surface area (Å²) in [6, 6.07) is 19.5. The molecule has 32 heavy (non-hydrogen) atoms. The van der Waals surface area contributed by atoms with Crippen LogP contribution in [0.25, 0.3) is 0 Å². The maximum Gasteiger partial charge on any atom is 0.267 e. The zero-order valence-electron chi connectivity index (χ0n) is 18.3. The van der Waals surface area contributed by atoms with Crippen molar-refractivity contribution >= 4 is 27.3 Å². The number of aryl methyl sites for hydroxylation is 3. The molecule has 3 aromatic rings. The zero-order valence-corrected chi connectivity index (χ0v) is 19.1. The summed E-state index contributed by atoms with van der Waals surface area (Å²) >= 11 is 0. The maximum atomic E-state index is 13.5. The molecule has 0 aromatic heterocycles. The summed E-state index contributed by atoms with van der Waals surface area (Å²) in [4.78, 5) is 13.2. The van der Waals surface area contributed by atoms with Crippen LogP contribution in [-0.2, 0) is 21.2 Å². The molecule has 0 radical (unpaired) electrons. The Kier molecular flexibility index (Phi) is 5.93. The number of fused-ring (bicyclic) bond motifs is 1. The number of sulfonamides is 1.